The first kappa shape index (κ1) is 18.9. The van der Waals surface area contributed by atoms with E-state index < -0.39 is 10.8 Å². The predicted molar refractivity (Wildman–Crippen MR) is 104 cm³/mol. The molecule has 0 saturated carbocycles. The zero-order valence-corrected chi connectivity index (χ0v) is 15.5. The van der Waals surface area contributed by atoms with Crippen molar-refractivity contribution in [2.45, 2.75) is 16.3 Å². The fraction of sp³-hybridized carbons (Fsp3) is 0.0526. The first-order valence-corrected chi connectivity index (χ1v) is 9.12. The van der Waals surface area contributed by atoms with Gasteiger partial charge in [-0.05, 0) is 42.5 Å². The number of nitro benzene ring substituents is 1. The second kappa shape index (κ2) is 8.66. The van der Waals surface area contributed by atoms with Crippen molar-refractivity contribution in [3.05, 3.63) is 93.3 Å². The first-order valence-electron chi connectivity index (χ1n) is 7.93. The summed E-state index contributed by atoms with van der Waals surface area (Å²) in [4.78, 5) is 28.6. The number of nitrogens with zero attached hydrogens (tertiary/aromatic N) is 2. The van der Waals surface area contributed by atoms with Crippen LogP contribution in [-0.4, -0.2) is 15.8 Å². The Labute approximate surface area is 164 Å². The third-order valence-corrected chi connectivity index (χ3v) is 4.89. The van der Waals surface area contributed by atoms with Crippen LogP contribution in [0.15, 0.2) is 76.7 Å². The van der Waals surface area contributed by atoms with Crippen molar-refractivity contribution in [3.8, 4) is 0 Å². The molecule has 27 heavy (non-hydrogen) atoms. The Morgan fingerprint density at radius 3 is 2.70 bits per heavy atom. The second-order valence-electron chi connectivity index (χ2n) is 5.50. The van der Waals surface area contributed by atoms with E-state index in [0.29, 0.717) is 15.6 Å². The Hall–Kier alpha value is -2.90. The van der Waals surface area contributed by atoms with E-state index >= 15 is 0 Å². The lowest BCUT2D eigenvalue weighted by Gasteiger charge is -2.07. The Balaban J connectivity index is 1.78. The second-order valence-corrected chi connectivity index (χ2v) is 7.05. The Morgan fingerprint density at radius 2 is 2.00 bits per heavy atom. The highest BCUT2D eigenvalue weighted by molar-refractivity contribution is 7.99. The van der Waals surface area contributed by atoms with Gasteiger partial charge in [0.1, 0.15) is 0 Å². The molecule has 0 unspecified atom stereocenters. The molecule has 3 aromatic rings. The van der Waals surface area contributed by atoms with Crippen LogP contribution >= 0.6 is 23.4 Å². The molecule has 1 heterocycles. The third-order valence-electron chi connectivity index (χ3n) is 3.60. The number of carbonyl (C=O) groups excluding carboxylic acids is 1. The molecular weight excluding hydrogens is 386 g/mol. The number of rotatable bonds is 6. The summed E-state index contributed by atoms with van der Waals surface area (Å²) in [5.41, 5.74) is 0.784. The molecule has 1 N–H and O–H groups in total. The highest BCUT2D eigenvalue weighted by Crippen LogP contribution is 2.36. The molecule has 0 spiro atoms. The molecular formula is C19H14ClN3O3S. The number of amides is 1. The van der Waals surface area contributed by atoms with Gasteiger partial charge in [0, 0.05) is 27.7 Å². The average Bonchev–Trinajstić information content (AvgIpc) is 2.67. The van der Waals surface area contributed by atoms with Crippen molar-refractivity contribution in [2.24, 2.45) is 0 Å². The molecule has 1 aromatic heterocycles. The van der Waals surface area contributed by atoms with Crippen molar-refractivity contribution in [1.82, 2.24) is 10.3 Å². The maximum absolute atomic E-state index is 12.3. The summed E-state index contributed by atoms with van der Waals surface area (Å²) in [6.45, 7) is 0.243. The van der Waals surface area contributed by atoms with Crippen LogP contribution in [-0.2, 0) is 6.54 Å². The van der Waals surface area contributed by atoms with Crippen LogP contribution in [0.3, 0.4) is 0 Å². The quantitative estimate of drug-likeness (QED) is 0.478. The van der Waals surface area contributed by atoms with Crippen molar-refractivity contribution in [1.29, 1.82) is 0 Å². The SMILES string of the molecule is O=C(NCc1ccccn1)c1ccc(Sc2cccc(Cl)c2)c([N+](=O)[O-])c1. The number of aromatic nitrogens is 1. The van der Waals surface area contributed by atoms with Crippen LogP contribution in [0.2, 0.25) is 5.02 Å². The number of nitro groups is 1. The molecule has 0 aliphatic heterocycles. The molecule has 1 amide bonds. The maximum atomic E-state index is 12.3. The molecule has 0 fully saturated rings. The van der Waals surface area contributed by atoms with Gasteiger partial charge < -0.3 is 5.32 Å². The lowest BCUT2D eigenvalue weighted by Crippen LogP contribution is -2.23. The third kappa shape index (κ3) is 5.06. The van der Waals surface area contributed by atoms with Crippen LogP contribution in [0.1, 0.15) is 16.1 Å². The minimum atomic E-state index is -0.498. The van der Waals surface area contributed by atoms with Gasteiger partial charge in [0.15, 0.2) is 0 Å². The highest BCUT2D eigenvalue weighted by atomic mass is 35.5. The minimum absolute atomic E-state index is 0.134. The number of benzene rings is 2. The summed E-state index contributed by atoms with van der Waals surface area (Å²) in [6, 6.07) is 16.8. The predicted octanol–water partition coefficient (Wildman–Crippen LogP) is 4.72. The van der Waals surface area contributed by atoms with Gasteiger partial charge in [-0.2, -0.15) is 0 Å². The highest BCUT2D eigenvalue weighted by Gasteiger charge is 2.18. The zero-order valence-electron chi connectivity index (χ0n) is 14.0. The minimum Gasteiger partial charge on any atom is -0.346 e. The van der Waals surface area contributed by atoms with Gasteiger partial charge >= 0.3 is 0 Å². The van der Waals surface area contributed by atoms with Crippen molar-refractivity contribution in [3.63, 3.8) is 0 Å². The summed E-state index contributed by atoms with van der Waals surface area (Å²) >= 11 is 7.18. The monoisotopic (exact) mass is 399 g/mol. The fourth-order valence-electron chi connectivity index (χ4n) is 2.32. The number of halogens is 1. The van der Waals surface area contributed by atoms with Crippen molar-refractivity contribution in [2.75, 3.05) is 0 Å². The van der Waals surface area contributed by atoms with E-state index in [1.165, 1.54) is 17.8 Å². The van der Waals surface area contributed by atoms with Gasteiger partial charge in [0.2, 0.25) is 0 Å². The van der Waals surface area contributed by atoms with E-state index in [4.69, 9.17) is 11.6 Å². The smallest absolute Gasteiger partial charge is 0.284 e. The van der Waals surface area contributed by atoms with Gasteiger partial charge in [-0.25, -0.2) is 0 Å². The summed E-state index contributed by atoms with van der Waals surface area (Å²) in [5.74, 6) is -0.400. The van der Waals surface area contributed by atoms with E-state index in [1.54, 1.807) is 48.7 Å². The molecule has 0 radical (unpaired) electrons. The molecule has 3 rings (SSSR count). The number of carbonyl (C=O) groups is 1. The van der Waals surface area contributed by atoms with Crippen molar-refractivity contribution < 1.29 is 9.72 Å². The average molecular weight is 400 g/mol. The van der Waals surface area contributed by atoms with Gasteiger partial charge in [0.05, 0.1) is 22.1 Å². The standard InChI is InChI=1S/C19H14ClN3O3S/c20-14-4-3-6-16(11-14)27-18-8-7-13(10-17(18)23(25)26)19(24)22-12-15-5-1-2-9-21-15/h1-11H,12H2,(H,22,24). The number of hydrogen-bond donors (Lipinski definition) is 1. The van der Waals surface area contributed by atoms with Crippen LogP contribution in [0, 0.1) is 10.1 Å². The first-order chi connectivity index (χ1) is 13.0. The molecule has 2 aromatic carbocycles. The van der Waals surface area contributed by atoms with Crippen LogP contribution in [0.5, 0.6) is 0 Å². The molecule has 0 bridgehead atoms. The summed E-state index contributed by atoms with van der Waals surface area (Å²) in [6.07, 6.45) is 1.63. The molecule has 0 aliphatic carbocycles. The van der Waals surface area contributed by atoms with E-state index in [-0.39, 0.29) is 17.8 Å². The lowest BCUT2D eigenvalue weighted by molar-refractivity contribution is -0.387. The molecule has 0 atom stereocenters. The van der Waals surface area contributed by atoms with Gasteiger partial charge in [-0.1, -0.05) is 35.5 Å². The number of pyridine rings is 1. The van der Waals surface area contributed by atoms with E-state index in [0.717, 1.165) is 4.90 Å². The Kier molecular flexibility index (Phi) is 6.05. The molecule has 136 valence electrons. The maximum Gasteiger partial charge on any atom is 0.284 e. The van der Waals surface area contributed by atoms with Crippen LogP contribution in [0.25, 0.3) is 0 Å². The largest absolute Gasteiger partial charge is 0.346 e. The summed E-state index contributed by atoms with van der Waals surface area (Å²) in [7, 11) is 0. The lowest BCUT2D eigenvalue weighted by atomic mass is 10.2. The number of nitrogens with one attached hydrogen (secondary N) is 1. The van der Waals surface area contributed by atoms with E-state index in [9.17, 15) is 14.9 Å². The van der Waals surface area contributed by atoms with Gasteiger partial charge in [0.25, 0.3) is 11.6 Å². The topological polar surface area (TPSA) is 85.1 Å². The zero-order chi connectivity index (χ0) is 19.2. The summed E-state index contributed by atoms with van der Waals surface area (Å²) < 4.78 is 0. The summed E-state index contributed by atoms with van der Waals surface area (Å²) in [5, 5.41) is 14.7. The normalized spacial score (nSPS) is 10.4. The molecule has 0 aliphatic rings. The molecule has 8 heteroatoms. The Morgan fingerprint density at radius 1 is 1.15 bits per heavy atom. The van der Waals surface area contributed by atoms with Crippen molar-refractivity contribution >= 4 is 35.0 Å². The van der Waals surface area contributed by atoms with E-state index in [2.05, 4.69) is 10.3 Å². The van der Waals surface area contributed by atoms with Crippen LogP contribution < -0.4 is 5.32 Å². The number of hydrogen-bond acceptors (Lipinski definition) is 5. The fourth-order valence-corrected chi connectivity index (χ4v) is 3.54. The molecule has 0 saturated heterocycles. The van der Waals surface area contributed by atoms with Crippen LogP contribution in [0.4, 0.5) is 5.69 Å². The molecule has 6 nitrogen and oxygen atoms in total. The van der Waals surface area contributed by atoms with Gasteiger partial charge in [-0.15, -0.1) is 0 Å². The van der Waals surface area contributed by atoms with E-state index in [1.807, 2.05) is 12.1 Å². The van der Waals surface area contributed by atoms with Gasteiger partial charge in [-0.3, -0.25) is 19.9 Å². The Bertz CT molecular complexity index is 983.